The zero-order valence-electron chi connectivity index (χ0n) is 12.2. The van der Waals surface area contributed by atoms with Crippen molar-refractivity contribution in [3.63, 3.8) is 0 Å². The van der Waals surface area contributed by atoms with Gasteiger partial charge in [0.05, 0.1) is 26.7 Å². The summed E-state index contributed by atoms with van der Waals surface area (Å²) >= 11 is 5.88. The summed E-state index contributed by atoms with van der Waals surface area (Å²) in [5.41, 5.74) is 0.726. The summed E-state index contributed by atoms with van der Waals surface area (Å²) in [6.45, 7) is 0.725. The number of aromatic nitrogens is 1. The van der Waals surface area contributed by atoms with Crippen molar-refractivity contribution in [3.8, 4) is 5.75 Å². The minimum atomic E-state index is -4.15. The van der Waals surface area contributed by atoms with Crippen LogP contribution in [0.2, 0.25) is 5.02 Å². The Morgan fingerprint density at radius 1 is 1.38 bits per heavy atom. The molecule has 0 spiro atoms. The molecule has 2 N–H and O–H groups in total. The number of benzene rings is 1. The Hall–Kier alpha value is -1.04. The highest BCUT2D eigenvalue weighted by molar-refractivity contribution is 7.47. The van der Waals surface area contributed by atoms with Crippen molar-refractivity contribution in [3.05, 3.63) is 29.4 Å². The van der Waals surface area contributed by atoms with Gasteiger partial charge in [-0.05, 0) is 18.2 Å². The number of halogens is 1. The van der Waals surface area contributed by atoms with E-state index in [0.717, 1.165) is 5.52 Å². The summed E-state index contributed by atoms with van der Waals surface area (Å²) < 4.78 is 22.7. The highest BCUT2D eigenvalue weighted by Crippen LogP contribution is 2.45. The van der Waals surface area contributed by atoms with Crippen molar-refractivity contribution in [2.24, 2.45) is 0 Å². The molecule has 0 fully saturated rings. The Morgan fingerprint density at radius 2 is 2.10 bits per heavy atom. The van der Waals surface area contributed by atoms with Gasteiger partial charge < -0.3 is 14.0 Å². The number of hydrogen-bond acceptors (Lipinski definition) is 3. The zero-order chi connectivity index (χ0) is 15.7. The molecule has 1 aromatic carbocycles. The number of aromatic amines is 1. The first kappa shape index (κ1) is 16.3. The highest BCUT2D eigenvalue weighted by Gasteiger charge is 2.25. The molecule has 0 aliphatic rings. The maximum Gasteiger partial charge on any atom is 0.527 e. The number of quaternary nitrogens is 1. The van der Waals surface area contributed by atoms with Gasteiger partial charge in [0.15, 0.2) is 5.75 Å². The van der Waals surface area contributed by atoms with Crippen molar-refractivity contribution < 1.29 is 23.0 Å². The Balaban J connectivity index is 2.06. The molecule has 1 aromatic heterocycles. The molecule has 0 radical (unpaired) electrons. The predicted molar refractivity (Wildman–Crippen MR) is 82.6 cm³/mol. The summed E-state index contributed by atoms with van der Waals surface area (Å²) in [6, 6.07) is 5.12. The first-order valence-electron chi connectivity index (χ1n) is 6.40. The largest absolute Gasteiger partial charge is 0.527 e. The SMILES string of the molecule is C[N+](C)(C)CCOP(=O)(O)Oc1c[nH]c2cc(Cl)ccc12. The molecule has 21 heavy (non-hydrogen) atoms. The van der Waals surface area contributed by atoms with E-state index in [1.54, 1.807) is 18.2 Å². The molecular weight excluding hydrogens is 315 g/mol. The van der Waals surface area contributed by atoms with Gasteiger partial charge in [-0.2, -0.15) is 0 Å². The van der Waals surface area contributed by atoms with Gasteiger partial charge in [0.1, 0.15) is 13.2 Å². The van der Waals surface area contributed by atoms with Gasteiger partial charge in [-0.15, -0.1) is 0 Å². The molecule has 1 heterocycles. The fraction of sp³-hybridized carbons (Fsp3) is 0.385. The van der Waals surface area contributed by atoms with E-state index in [1.807, 2.05) is 21.1 Å². The third-order valence-electron chi connectivity index (χ3n) is 2.84. The quantitative estimate of drug-likeness (QED) is 0.629. The van der Waals surface area contributed by atoms with E-state index in [9.17, 15) is 9.46 Å². The maximum atomic E-state index is 11.9. The van der Waals surface area contributed by atoms with Crippen LogP contribution >= 0.6 is 19.4 Å². The van der Waals surface area contributed by atoms with Crippen LogP contribution in [0.5, 0.6) is 5.75 Å². The highest BCUT2D eigenvalue weighted by atomic mass is 35.5. The molecule has 0 amide bonds. The number of likely N-dealkylation sites (N-methyl/N-ethyl adjacent to an activating group) is 1. The van der Waals surface area contributed by atoms with E-state index in [4.69, 9.17) is 20.6 Å². The predicted octanol–water partition coefficient (Wildman–Crippen LogP) is 3.02. The van der Waals surface area contributed by atoms with Gasteiger partial charge in [0.25, 0.3) is 0 Å². The lowest BCUT2D eigenvalue weighted by Crippen LogP contribution is -2.37. The summed E-state index contributed by atoms with van der Waals surface area (Å²) in [4.78, 5) is 12.7. The second-order valence-electron chi connectivity index (χ2n) is 5.75. The lowest BCUT2D eigenvalue weighted by molar-refractivity contribution is -0.870. The third-order valence-corrected chi connectivity index (χ3v) is 4.01. The summed E-state index contributed by atoms with van der Waals surface area (Å²) in [5, 5.41) is 1.24. The molecule has 0 aliphatic carbocycles. The van der Waals surface area contributed by atoms with E-state index in [-0.39, 0.29) is 12.4 Å². The smallest absolute Gasteiger partial charge is 0.402 e. The summed E-state index contributed by atoms with van der Waals surface area (Å²) in [5.74, 6) is 0.262. The fourth-order valence-corrected chi connectivity index (χ4v) is 2.66. The fourth-order valence-electron chi connectivity index (χ4n) is 1.73. The zero-order valence-corrected chi connectivity index (χ0v) is 13.8. The second kappa shape index (κ2) is 5.99. The van der Waals surface area contributed by atoms with Gasteiger partial charge in [0, 0.05) is 16.6 Å². The molecule has 0 saturated carbocycles. The molecule has 8 heteroatoms. The number of fused-ring (bicyclic) bond motifs is 1. The van der Waals surface area contributed by atoms with Crippen molar-refractivity contribution in [2.45, 2.75) is 0 Å². The van der Waals surface area contributed by atoms with Crippen LogP contribution in [0.15, 0.2) is 24.4 Å². The molecule has 0 saturated heterocycles. The lowest BCUT2D eigenvalue weighted by Gasteiger charge is -2.23. The number of hydrogen-bond donors (Lipinski definition) is 2. The van der Waals surface area contributed by atoms with Crippen molar-refractivity contribution in [1.82, 2.24) is 4.98 Å². The van der Waals surface area contributed by atoms with Gasteiger partial charge in [0.2, 0.25) is 0 Å². The third kappa shape index (κ3) is 4.73. The van der Waals surface area contributed by atoms with Crippen molar-refractivity contribution in [2.75, 3.05) is 34.3 Å². The standard InChI is InChI=1S/C13H18ClN2O4P/c1-16(2,3)6-7-19-21(17,18)20-13-9-15-12-8-10(14)4-5-11(12)13/h4-5,8-9,15H,6-7H2,1-3H3/p+1. The summed E-state index contributed by atoms with van der Waals surface area (Å²) in [7, 11) is 1.76. The van der Waals surface area contributed by atoms with Crippen LogP contribution in [-0.2, 0) is 9.09 Å². The average molecular weight is 334 g/mol. The van der Waals surface area contributed by atoms with E-state index < -0.39 is 7.82 Å². The Bertz CT molecular complexity index is 680. The minimum absolute atomic E-state index is 0.130. The Labute approximate surface area is 128 Å². The van der Waals surface area contributed by atoms with Gasteiger partial charge >= 0.3 is 7.82 Å². The number of phosphoric ester groups is 1. The van der Waals surface area contributed by atoms with Crippen LogP contribution in [0, 0.1) is 0 Å². The minimum Gasteiger partial charge on any atom is -0.402 e. The van der Waals surface area contributed by atoms with Gasteiger partial charge in [-0.3, -0.25) is 9.42 Å². The molecule has 2 aromatic rings. The number of phosphoric acid groups is 1. The topological polar surface area (TPSA) is 71.6 Å². The molecule has 1 unspecified atom stereocenters. The Kier molecular flexibility index (Phi) is 4.66. The van der Waals surface area contributed by atoms with E-state index in [1.165, 1.54) is 6.20 Å². The van der Waals surface area contributed by atoms with E-state index >= 15 is 0 Å². The Morgan fingerprint density at radius 3 is 2.76 bits per heavy atom. The molecule has 0 bridgehead atoms. The normalized spacial score (nSPS) is 15.1. The maximum absolute atomic E-state index is 11.9. The second-order valence-corrected chi connectivity index (χ2v) is 7.56. The lowest BCUT2D eigenvalue weighted by atomic mass is 10.2. The van der Waals surface area contributed by atoms with E-state index in [0.29, 0.717) is 21.4 Å². The molecule has 116 valence electrons. The first-order valence-corrected chi connectivity index (χ1v) is 8.28. The van der Waals surface area contributed by atoms with Crippen molar-refractivity contribution >= 4 is 30.3 Å². The van der Waals surface area contributed by atoms with Gasteiger partial charge in [-0.1, -0.05) is 11.6 Å². The van der Waals surface area contributed by atoms with Crippen LogP contribution in [0.4, 0.5) is 0 Å². The van der Waals surface area contributed by atoms with Crippen LogP contribution in [0.3, 0.4) is 0 Å². The number of rotatable bonds is 6. The molecule has 0 aliphatic heterocycles. The first-order chi connectivity index (χ1) is 9.66. The number of nitrogens with one attached hydrogen (secondary N) is 1. The monoisotopic (exact) mass is 333 g/mol. The molecular formula is C13H19ClN2O4P+. The van der Waals surface area contributed by atoms with Crippen LogP contribution in [0.1, 0.15) is 0 Å². The molecule has 6 nitrogen and oxygen atoms in total. The number of H-pyrrole nitrogens is 1. The average Bonchev–Trinajstić information content (AvgIpc) is 2.68. The van der Waals surface area contributed by atoms with Crippen LogP contribution in [0.25, 0.3) is 10.9 Å². The summed E-state index contributed by atoms with van der Waals surface area (Å²) in [6.07, 6.45) is 1.51. The van der Waals surface area contributed by atoms with Crippen LogP contribution in [-0.4, -0.2) is 48.7 Å². The molecule has 2 rings (SSSR count). The van der Waals surface area contributed by atoms with Crippen LogP contribution < -0.4 is 4.52 Å². The number of nitrogens with zero attached hydrogens (tertiary/aromatic N) is 1. The van der Waals surface area contributed by atoms with Crippen molar-refractivity contribution in [1.29, 1.82) is 0 Å². The van der Waals surface area contributed by atoms with Gasteiger partial charge in [-0.25, -0.2) is 4.57 Å². The molecule has 1 atom stereocenters. The van der Waals surface area contributed by atoms with E-state index in [2.05, 4.69) is 4.98 Å².